The standard InChI is InChI=1S/C38H33B2NOS/c1-37(2,3)22-15-17-24-26-21-27-25-18-16-23(38(4,5)6)20-33(25)43-40-29-12-8-10-14-31(29)41-30-13-9-7-11-28(30)39(42-32(24)19-22)34(26)36(41)35(27)40/h7-21H,1-6H3. The molecule has 0 fully saturated rings. The third-order valence-electron chi connectivity index (χ3n) is 9.81. The molecular formula is C38H33B2NOS. The fourth-order valence-electron chi connectivity index (χ4n) is 7.54. The minimum absolute atomic E-state index is 0.0413. The van der Waals surface area contributed by atoms with Gasteiger partial charge in [-0.05, 0) is 85.4 Å². The SMILES string of the molecule is CC(C)(C)c1ccc2c(c1)OB1c3ccccc3N3c4ccccc4B4Sc5cc(C(C)(C)C)ccc5-c5cc-2c1c3c54. The number of rotatable bonds is 0. The van der Waals surface area contributed by atoms with Crippen molar-refractivity contribution in [2.75, 3.05) is 4.90 Å². The van der Waals surface area contributed by atoms with Crippen LogP contribution in [0.25, 0.3) is 22.3 Å². The van der Waals surface area contributed by atoms with Crippen molar-refractivity contribution in [2.45, 2.75) is 57.3 Å². The molecule has 0 N–H and O–H groups in total. The molecule has 0 spiro atoms. The lowest BCUT2D eigenvalue weighted by molar-refractivity contribution is 0.565. The summed E-state index contributed by atoms with van der Waals surface area (Å²) in [6, 6.07) is 34.5. The molecule has 0 radical (unpaired) electrons. The number of nitrogens with zero attached hydrogens (tertiary/aromatic N) is 1. The summed E-state index contributed by atoms with van der Waals surface area (Å²) in [7, 11) is 0. The molecular weight excluding hydrogens is 540 g/mol. The number of hydrogen-bond acceptors (Lipinski definition) is 3. The topological polar surface area (TPSA) is 12.5 Å². The van der Waals surface area contributed by atoms with Gasteiger partial charge in [-0.25, -0.2) is 0 Å². The molecule has 4 heterocycles. The minimum atomic E-state index is -0.147. The molecule has 5 aromatic rings. The van der Waals surface area contributed by atoms with Gasteiger partial charge in [-0.3, -0.25) is 0 Å². The second-order valence-corrected chi connectivity index (χ2v) is 15.7. The lowest BCUT2D eigenvalue weighted by atomic mass is 9.45. The van der Waals surface area contributed by atoms with Crippen molar-refractivity contribution < 1.29 is 4.65 Å². The highest BCUT2D eigenvalue weighted by Gasteiger charge is 2.50. The van der Waals surface area contributed by atoms with Gasteiger partial charge < -0.3 is 9.55 Å². The Balaban J connectivity index is 1.41. The molecule has 0 bridgehead atoms. The van der Waals surface area contributed by atoms with Crippen molar-refractivity contribution in [1.82, 2.24) is 0 Å². The van der Waals surface area contributed by atoms with Gasteiger partial charge in [-0.1, -0.05) is 102 Å². The molecule has 0 aliphatic carbocycles. The number of hydrogen-bond donors (Lipinski definition) is 0. The molecule has 5 aromatic carbocycles. The summed E-state index contributed by atoms with van der Waals surface area (Å²) in [6.45, 7) is 13.6. The van der Waals surface area contributed by atoms with Crippen molar-refractivity contribution in [3.8, 4) is 28.0 Å². The van der Waals surface area contributed by atoms with E-state index in [2.05, 4.69) is 137 Å². The van der Waals surface area contributed by atoms with E-state index < -0.39 is 0 Å². The predicted molar refractivity (Wildman–Crippen MR) is 186 cm³/mol. The van der Waals surface area contributed by atoms with Gasteiger partial charge in [0.15, 0.2) is 0 Å². The van der Waals surface area contributed by atoms with E-state index in [1.165, 1.54) is 77.2 Å². The highest BCUT2D eigenvalue weighted by atomic mass is 32.2. The van der Waals surface area contributed by atoms with Crippen LogP contribution >= 0.6 is 11.6 Å². The molecule has 2 nitrogen and oxygen atoms in total. The van der Waals surface area contributed by atoms with E-state index in [1.54, 1.807) is 0 Å². The third-order valence-corrected chi connectivity index (χ3v) is 11.1. The molecule has 4 aliphatic heterocycles. The maximum Gasteiger partial charge on any atom is 0.431 e. The van der Waals surface area contributed by atoms with E-state index in [0.717, 1.165) is 5.75 Å². The van der Waals surface area contributed by atoms with Crippen molar-refractivity contribution in [1.29, 1.82) is 0 Å². The van der Waals surface area contributed by atoms with Crippen LogP contribution in [0.4, 0.5) is 17.1 Å². The molecule has 9 rings (SSSR count). The fraction of sp³-hybridized carbons (Fsp3) is 0.211. The summed E-state index contributed by atoms with van der Waals surface area (Å²) < 4.78 is 7.08. The highest BCUT2D eigenvalue weighted by Crippen LogP contribution is 2.50. The largest absolute Gasteiger partial charge is 0.551 e. The zero-order chi connectivity index (χ0) is 29.4. The average Bonchev–Trinajstić information content (AvgIpc) is 2.99. The van der Waals surface area contributed by atoms with E-state index in [0.29, 0.717) is 0 Å². The molecule has 0 amide bonds. The number of para-hydroxylation sites is 2. The quantitative estimate of drug-likeness (QED) is 0.179. The smallest absolute Gasteiger partial charge is 0.431 e. The Bertz CT molecular complexity index is 1890. The minimum Gasteiger partial charge on any atom is -0.551 e. The summed E-state index contributed by atoms with van der Waals surface area (Å²) in [5.74, 6) is 1.21. The van der Waals surface area contributed by atoms with E-state index in [-0.39, 0.29) is 23.7 Å². The van der Waals surface area contributed by atoms with E-state index in [9.17, 15) is 0 Å². The Morgan fingerprint density at radius 2 is 1.21 bits per heavy atom. The first-order valence-corrected chi connectivity index (χ1v) is 16.3. The van der Waals surface area contributed by atoms with Crippen molar-refractivity contribution in [3.05, 3.63) is 102 Å². The van der Waals surface area contributed by atoms with Gasteiger partial charge in [0.1, 0.15) is 5.75 Å². The first-order chi connectivity index (χ1) is 20.6. The van der Waals surface area contributed by atoms with Crippen molar-refractivity contribution in [2.24, 2.45) is 0 Å². The molecule has 208 valence electrons. The van der Waals surface area contributed by atoms with Crippen LogP contribution in [0.1, 0.15) is 52.7 Å². The Morgan fingerprint density at radius 1 is 0.605 bits per heavy atom. The van der Waals surface area contributed by atoms with Gasteiger partial charge in [0.2, 0.25) is 0 Å². The van der Waals surface area contributed by atoms with Gasteiger partial charge in [0.25, 0.3) is 5.99 Å². The number of benzene rings is 5. The van der Waals surface area contributed by atoms with Gasteiger partial charge in [-0.2, -0.15) is 11.6 Å². The van der Waals surface area contributed by atoms with Gasteiger partial charge in [0.05, 0.1) is 0 Å². The Morgan fingerprint density at radius 3 is 1.93 bits per heavy atom. The molecule has 0 saturated carbocycles. The first kappa shape index (κ1) is 25.7. The van der Waals surface area contributed by atoms with Crippen LogP contribution in [0, 0.1) is 0 Å². The molecule has 0 aromatic heterocycles. The normalized spacial score (nSPS) is 15.2. The summed E-state index contributed by atoms with van der Waals surface area (Å²) >= 11 is 2.02. The van der Waals surface area contributed by atoms with Crippen LogP contribution in [0.3, 0.4) is 0 Å². The zero-order valence-electron chi connectivity index (χ0n) is 25.6. The van der Waals surface area contributed by atoms with Crippen LogP contribution in [0.5, 0.6) is 5.75 Å². The highest BCUT2D eigenvalue weighted by molar-refractivity contribution is 8.28. The second kappa shape index (κ2) is 8.42. The van der Waals surface area contributed by atoms with Crippen LogP contribution in [0.2, 0.25) is 0 Å². The fourth-order valence-corrected chi connectivity index (χ4v) is 8.98. The number of fused-ring (bicyclic) bond motifs is 10. The summed E-state index contributed by atoms with van der Waals surface area (Å²) in [5, 5.41) is 0. The third kappa shape index (κ3) is 3.46. The molecule has 0 atom stereocenters. The summed E-state index contributed by atoms with van der Waals surface area (Å²) in [6.07, 6.45) is 0. The Hall–Kier alpha value is -3.82. The van der Waals surface area contributed by atoms with E-state index in [1.807, 2.05) is 11.6 Å². The zero-order valence-corrected chi connectivity index (χ0v) is 26.4. The molecule has 43 heavy (non-hydrogen) atoms. The van der Waals surface area contributed by atoms with Gasteiger partial charge in [-0.15, -0.1) is 0 Å². The van der Waals surface area contributed by atoms with Crippen molar-refractivity contribution in [3.63, 3.8) is 0 Å². The lowest BCUT2D eigenvalue weighted by Gasteiger charge is -2.47. The Labute approximate surface area is 259 Å². The van der Waals surface area contributed by atoms with Crippen molar-refractivity contribution >= 4 is 63.4 Å². The first-order valence-electron chi connectivity index (χ1n) is 15.4. The maximum absolute atomic E-state index is 7.08. The average molecular weight is 573 g/mol. The maximum atomic E-state index is 7.08. The second-order valence-electron chi connectivity index (χ2n) is 14.5. The van der Waals surface area contributed by atoms with E-state index >= 15 is 0 Å². The molecule has 5 heteroatoms. The predicted octanol–water partition coefficient (Wildman–Crippen LogP) is 7.42. The van der Waals surface area contributed by atoms with Crippen LogP contribution in [-0.2, 0) is 10.8 Å². The molecule has 4 aliphatic rings. The monoisotopic (exact) mass is 573 g/mol. The van der Waals surface area contributed by atoms with Gasteiger partial charge in [0, 0.05) is 33.0 Å². The molecule has 0 saturated heterocycles. The van der Waals surface area contributed by atoms with Crippen LogP contribution in [-0.4, -0.2) is 12.9 Å². The molecule has 0 unspecified atom stereocenters. The van der Waals surface area contributed by atoms with Crippen LogP contribution in [0.15, 0.2) is 95.9 Å². The van der Waals surface area contributed by atoms with Gasteiger partial charge >= 0.3 is 6.92 Å². The summed E-state index contributed by atoms with van der Waals surface area (Å²) in [5.41, 5.74) is 17.2. The lowest BCUT2D eigenvalue weighted by Crippen LogP contribution is -2.62. The number of anilines is 3. The Kier molecular flexibility index (Phi) is 5.02. The summed E-state index contributed by atoms with van der Waals surface area (Å²) in [4.78, 5) is 3.92. The van der Waals surface area contributed by atoms with E-state index in [4.69, 9.17) is 4.65 Å². The van der Waals surface area contributed by atoms with Crippen LogP contribution < -0.4 is 31.4 Å².